The van der Waals surface area contributed by atoms with E-state index in [0.29, 0.717) is 17.2 Å². The van der Waals surface area contributed by atoms with Gasteiger partial charge in [-0.3, -0.25) is 4.99 Å². The maximum Gasteiger partial charge on any atom is 0.340 e. The van der Waals surface area contributed by atoms with E-state index in [1.54, 1.807) is 6.07 Å². The highest BCUT2D eigenvalue weighted by Gasteiger charge is 2.09. The monoisotopic (exact) mass is 287 g/mol. The molecule has 3 heteroatoms. The molecular formula is C18H25NO2. The Morgan fingerprint density at radius 1 is 1.33 bits per heavy atom. The number of methoxy groups -OCH3 is 1. The smallest absolute Gasteiger partial charge is 0.340 e. The topological polar surface area (TPSA) is 38.7 Å². The van der Waals surface area contributed by atoms with E-state index in [2.05, 4.69) is 31.8 Å². The van der Waals surface area contributed by atoms with Gasteiger partial charge >= 0.3 is 5.97 Å². The van der Waals surface area contributed by atoms with Crippen molar-refractivity contribution < 1.29 is 9.53 Å². The quantitative estimate of drug-likeness (QED) is 0.404. The van der Waals surface area contributed by atoms with Gasteiger partial charge in [-0.05, 0) is 51.2 Å². The number of esters is 1. The number of ether oxygens (including phenoxy) is 1. The lowest BCUT2D eigenvalue weighted by molar-refractivity contribution is 0.0601. The van der Waals surface area contributed by atoms with Crippen molar-refractivity contribution in [1.29, 1.82) is 0 Å². The van der Waals surface area contributed by atoms with Crippen LogP contribution in [-0.4, -0.2) is 19.3 Å². The average Bonchev–Trinajstić information content (AvgIpc) is 2.46. The zero-order chi connectivity index (χ0) is 15.7. The van der Waals surface area contributed by atoms with Crippen molar-refractivity contribution in [2.45, 2.75) is 40.0 Å². The van der Waals surface area contributed by atoms with Gasteiger partial charge in [-0.2, -0.15) is 0 Å². The van der Waals surface area contributed by atoms with Crippen LogP contribution in [0.2, 0.25) is 0 Å². The lowest BCUT2D eigenvalue weighted by Crippen LogP contribution is -2.01. The number of carbonyl (C=O) groups is 1. The molecule has 0 saturated heterocycles. The molecule has 0 saturated carbocycles. The number of para-hydroxylation sites is 1. The summed E-state index contributed by atoms with van der Waals surface area (Å²) in [6.45, 7) is 6.46. The Kier molecular flexibility index (Phi) is 7.44. The summed E-state index contributed by atoms with van der Waals surface area (Å²) >= 11 is 0. The van der Waals surface area contributed by atoms with Crippen LogP contribution in [0.3, 0.4) is 0 Å². The second kappa shape index (κ2) is 9.11. The Bertz CT molecular complexity index is 514. The summed E-state index contributed by atoms with van der Waals surface area (Å²) in [7, 11) is 1.38. The van der Waals surface area contributed by atoms with Crippen molar-refractivity contribution in [3.63, 3.8) is 0 Å². The Morgan fingerprint density at radius 2 is 2.05 bits per heavy atom. The molecule has 3 nitrogen and oxygen atoms in total. The molecule has 0 heterocycles. The molecule has 21 heavy (non-hydrogen) atoms. The molecular weight excluding hydrogens is 262 g/mol. The summed E-state index contributed by atoms with van der Waals surface area (Å²) in [6, 6.07) is 7.25. The molecule has 0 aliphatic rings. The summed E-state index contributed by atoms with van der Waals surface area (Å²) in [5.74, 6) is 0.231. The van der Waals surface area contributed by atoms with Gasteiger partial charge < -0.3 is 4.74 Å². The molecule has 1 aromatic rings. The van der Waals surface area contributed by atoms with Crippen molar-refractivity contribution in [3.8, 4) is 0 Å². The first-order valence-electron chi connectivity index (χ1n) is 7.37. The Labute approximate surface area is 127 Å². The lowest BCUT2D eigenvalue weighted by atomic mass is 10.0. The van der Waals surface area contributed by atoms with E-state index in [1.807, 2.05) is 24.4 Å². The molecule has 0 aliphatic carbocycles. The minimum absolute atomic E-state index is 0.348. The minimum Gasteiger partial charge on any atom is -0.465 e. The van der Waals surface area contributed by atoms with Gasteiger partial charge in [0.15, 0.2) is 0 Å². The molecule has 114 valence electrons. The Morgan fingerprint density at radius 3 is 2.71 bits per heavy atom. The van der Waals surface area contributed by atoms with Crippen LogP contribution in [0.25, 0.3) is 0 Å². The van der Waals surface area contributed by atoms with Crippen molar-refractivity contribution >= 4 is 17.9 Å². The number of allylic oxidation sites excluding steroid dienone is 2. The predicted molar refractivity (Wildman–Crippen MR) is 88.4 cm³/mol. The number of nitrogens with zero attached hydrogens (tertiary/aromatic N) is 1. The van der Waals surface area contributed by atoms with E-state index in [4.69, 9.17) is 4.74 Å². The molecule has 0 fully saturated rings. The Balaban J connectivity index is 2.57. The maximum atomic E-state index is 11.6. The first-order valence-corrected chi connectivity index (χ1v) is 7.37. The zero-order valence-electron chi connectivity index (χ0n) is 13.4. The fourth-order valence-electron chi connectivity index (χ4n) is 1.97. The molecule has 0 radical (unpaired) electrons. The van der Waals surface area contributed by atoms with Gasteiger partial charge in [0.05, 0.1) is 18.4 Å². The van der Waals surface area contributed by atoms with Gasteiger partial charge in [-0.1, -0.05) is 30.7 Å². The fraction of sp³-hybridized carbons (Fsp3) is 0.444. The summed E-state index contributed by atoms with van der Waals surface area (Å²) in [4.78, 5) is 16.1. The normalized spacial score (nSPS) is 12.2. The second-order valence-electron chi connectivity index (χ2n) is 5.52. The third-order valence-corrected chi connectivity index (χ3v) is 3.26. The lowest BCUT2D eigenvalue weighted by Gasteiger charge is -2.06. The molecule has 0 aliphatic heterocycles. The third-order valence-electron chi connectivity index (χ3n) is 3.26. The van der Waals surface area contributed by atoms with Crippen LogP contribution in [-0.2, 0) is 4.74 Å². The molecule has 0 N–H and O–H groups in total. The first kappa shape index (κ1) is 17.2. The molecule has 0 aromatic heterocycles. The van der Waals surface area contributed by atoms with Crippen molar-refractivity contribution in [2.75, 3.05) is 7.11 Å². The molecule has 1 aromatic carbocycles. The Hall–Kier alpha value is -1.90. The highest BCUT2D eigenvalue weighted by atomic mass is 16.5. The summed E-state index contributed by atoms with van der Waals surface area (Å²) in [6.07, 6.45) is 7.33. The van der Waals surface area contributed by atoms with Gasteiger partial charge in [0.2, 0.25) is 0 Å². The molecule has 1 atom stereocenters. The molecule has 1 unspecified atom stereocenters. The first-order chi connectivity index (χ1) is 10.0. The maximum absolute atomic E-state index is 11.6. The van der Waals surface area contributed by atoms with E-state index in [0.717, 1.165) is 19.3 Å². The second-order valence-corrected chi connectivity index (χ2v) is 5.52. The zero-order valence-corrected chi connectivity index (χ0v) is 13.4. The standard InChI is InChI=1S/C18H25NO2/c1-14(2)8-7-9-15(3)12-13-19-17-11-6-5-10-16(17)18(20)21-4/h5-6,8,10-11,13,15H,7,9,12H2,1-4H3. The van der Waals surface area contributed by atoms with Crippen LogP contribution in [0, 0.1) is 5.92 Å². The van der Waals surface area contributed by atoms with Gasteiger partial charge in [0.25, 0.3) is 0 Å². The fourth-order valence-corrected chi connectivity index (χ4v) is 1.97. The molecule has 1 rings (SSSR count). The van der Waals surface area contributed by atoms with E-state index < -0.39 is 0 Å². The van der Waals surface area contributed by atoms with Gasteiger partial charge in [-0.15, -0.1) is 0 Å². The predicted octanol–water partition coefficient (Wildman–Crippen LogP) is 4.95. The largest absolute Gasteiger partial charge is 0.465 e. The van der Waals surface area contributed by atoms with Crippen LogP contribution in [0.5, 0.6) is 0 Å². The molecule has 0 amide bonds. The highest BCUT2D eigenvalue weighted by Crippen LogP contribution is 2.19. The van der Waals surface area contributed by atoms with Crippen molar-refractivity contribution in [2.24, 2.45) is 10.9 Å². The van der Waals surface area contributed by atoms with Crippen LogP contribution in [0.4, 0.5) is 5.69 Å². The van der Waals surface area contributed by atoms with E-state index in [-0.39, 0.29) is 5.97 Å². The number of rotatable bonds is 7. The van der Waals surface area contributed by atoms with E-state index in [9.17, 15) is 4.79 Å². The van der Waals surface area contributed by atoms with Crippen LogP contribution >= 0.6 is 0 Å². The summed E-state index contributed by atoms with van der Waals surface area (Å²) in [5, 5.41) is 0. The summed E-state index contributed by atoms with van der Waals surface area (Å²) in [5.41, 5.74) is 2.54. The van der Waals surface area contributed by atoms with Crippen molar-refractivity contribution in [3.05, 3.63) is 41.5 Å². The van der Waals surface area contributed by atoms with Crippen molar-refractivity contribution in [1.82, 2.24) is 0 Å². The minimum atomic E-state index is -0.348. The van der Waals surface area contributed by atoms with E-state index in [1.165, 1.54) is 12.7 Å². The summed E-state index contributed by atoms with van der Waals surface area (Å²) < 4.78 is 4.76. The van der Waals surface area contributed by atoms with E-state index >= 15 is 0 Å². The van der Waals surface area contributed by atoms with Crippen LogP contribution in [0.1, 0.15) is 50.4 Å². The highest BCUT2D eigenvalue weighted by molar-refractivity contribution is 5.95. The van der Waals surface area contributed by atoms with Gasteiger partial charge in [-0.25, -0.2) is 4.79 Å². The SMILES string of the molecule is COC(=O)c1ccccc1N=CCC(C)CCC=C(C)C. The number of carbonyl (C=O) groups excluding carboxylic acids is 1. The van der Waals surface area contributed by atoms with Crippen LogP contribution < -0.4 is 0 Å². The molecule has 0 spiro atoms. The average molecular weight is 287 g/mol. The number of aliphatic imine (C=N–C) groups is 1. The van der Waals surface area contributed by atoms with Gasteiger partial charge in [0.1, 0.15) is 0 Å². The van der Waals surface area contributed by atoms with Crippen LogP contribution in [0.15, 0.2) is 40.9 Å². The molecule has 0 bridgehead atoms. The third kappa shape index (κ3) is 6.39. The number of hydrogen-bond donors (Lipinski definition) is 0. The number of benzene rings is 1. The van der Waals surface area contributed by atoms with Gasteiger partial charge in [0, 0.05) is 6.21 Å². The number of hydrogen-bond acceptors (Lipinski definition) is 3.